The van der Waals surface area contributed by atoms with Crippen LogP contribution in [0.4, 0.5) is 0 Å². The summed E-state index contributed by atoms with van der Waals surface area (Å²) in [6.45, 7) is 2.10. The highest BCUT2D eigenvalue weighted by atomic mass is 35.5. The van der Waals surface area contributed by atoms with Crippen molar-refractivity contribution in [2.24, 2.45) is 0 Å². The molecule has 1 nitrogen and oxygen atoms in total. The fraction of sp³-hybridized carbons (Fsp3) is 0.182. The molecule has 0 bridgehead atoms. The third kappa shape index (κ3) is 2.33. The molecule has 1 heterocycles. The van der Waals surface area contributed by atoms with E-state index in [1.54, 1.807) is 17.4 Å². The Labute approximate surface area is 113 Å². The molecule has 0 radical (unpaired) electrons. The second-order valence-corrected chi connectivity index (χ2v) is 5.91. The monoisotopic (exact) mass is 289 g/mol. The van der Waals surface area contributed by atoms with Crippen LogP contribution in [0.1, 0.15) is 11.8 Å². The number of hydrogen-bond donors (Lipinski definition) is 1. The minimum absolute atomic E-state index is 0.639. The van der Waals surface area contributed by atoms with E-state index in [4.69, 9.17) is 35.4 Å². The van der Waals surface area contributed by atoms with Gasteiger partial charge in [0.2, 0.25) is 0 Å². The summed E-state index contributed by atoms with van der Waals surface area (Å²) < 4.78 is 0.776. The maximum Gasteiger partial charge on any atom is 0.159 e. The molecule has 1 aromatic carbocycles. The lowest BCUT2D eigenvalue weighted by molar-refractivity contribution is 1.17. The summed E-state index contributed by atoms with van der Waals surface area (Å²) in [5.41, 5.74) is 1.97. The van der Waals surface area contributed by atoms with Gasteiger partial charge < -0.3 is 4.98 Å². The maximum absolute atomic E-state index is 6.17. The van der Waals surface area contributed by atoms with Gasteiger partial charge in [-0.3, -0.25) is 0 Å². The van der Waals surface area contributed by atoms with Gasteiger partial charge >= 0.3 is 0 Å². The molecule has 0 amide bonds. The third-order valence-corrected chi connectivity index (χ3v) is 4.17. The highest BCUT2D eigenvalue weighted by Crippen LogP contribution is 2.33. The summed E-state index contributed by atoms with van der Waals surface area (Å²) in [7, 11) is 0. The van der Waals surface area contributed by atoms with Crippen LogP contribution in [-0.2, 0) is 6.42 Å². The number of halogens is 2. The van der Waals surface area contributed by atoms with Crippen LogP contribution in [-0.4, -0.2) is 4.98 Å². The van der Waals surface area contributed by atoms with Crippen molar-refractivity contribution in [3.8, 4) is 11.3 Å². The Balaban J connectivity index is 2.62. The number of benzene rings is 1. The van der Waals surface area contributed by atoms with Gasteiger partial charge in [-0.1, -0.05) is 30.1 Å². The standard InChI is InChI=1S/C11H9Cl2NS2/c1-2-9-10(14-11(15)16-9)7-4-3-6(12)5-8(7)13/h3-5H,2H2,1H3,(H,14,15). The smallest absolute Gasteiger partial charge is 0.159 e. The summed E-state index contributed by atoms with van der Waals surface area (Å²) in [4.78, 5) is 4.39. The average molecular weight is 290 g/mol. The second-order valence-electron chi connectivity index (χ2n) is 3.29. The van der Waals surface area contributed by atoms with Crippen molar-refractivity contribution in [1.82, 2.24) is 4.98 Å². The van der Waals surface area contributed by atoms with Crippen LogP contribution in [0.15, 0.2) is 18.2 Å². The van der Waals surface area contributed by atoms with Gasteiger partial charge in [-0.15, -0.1) is 11.3 Å². The number of thiazole rings is 1. The first-order valence-electron chi connectivity index (χ1n) is 4.79. The van der Waals surface area contributed by atoms with Crippen molar-refractivity contribution >= 4 is 46.8 Å². The van der Waals surface area contributed by atoms with Crippen molar-refractivity contribution in [2.75, 3.05) is 0 Å². The van der Waals surface area contributed by atoms with Crippen molar-refractivity contribution in [3.05, 3.63) is 37.1 Å². The maximum atomic E-state index is 6.17. The largest absolute Gasteiger partial charge is 0.337 e. The SMILES string of the molecule is CCc1sc(=S)[nH]c1-c1ccc(Cl)cc1Cl. The van der Waals surface area contributed by atoms with E-state index in [1.807, 2.05) is 12.1 Å². The van der Waals surface area contributed by atoms with E-state index in [1.165, 1.54) is 4.88 Å². The molecule has 2 aromatic rings. The molecule has 1 N–H and O–H groups in total. The number of aryl methyl sites for hydroxylation is 1. The molecule has 0 aliphatic heterocycles. The molecule has 0 aliphatic rings. The Morgan fingerprint density at radius 2 is 2.12 bits per heavy atom. The van der Waals surface area contributed by atoms with E-state index in [2.05, 4.69) is 11.9 Å². The predicted octanol–water partition coefficient (Wildman–Crippen LogP) is 5.34. The molecule has 0 atom stereocenters. The molecule has 0 spiro atoms. The first-order chi connectivity index (χ1) is 7.61. The minimum atomic E-state index is 0.639. The van der Waals surface area contributed by atoms with Crippen LogP contribution < -0.4 is 0 Å². The first kappa shape index (κ1) is 12.1. The highest BCUT2D eigenvalue weighted by molar-refractivity contribution is 7.73. The molecule has 2 rings (SSSR count). The zero-order chi connectivity index (χ0) is 11.7. The van der Waals surface area contributed by atoms with Crippen LogP contribution in [0.25, 0.3) is 11.3 Å². The molecule has 84 valence electrons. The Morgan fingerprint density at radius 1 is 1.38 bits per heavy atom. The Kier molecular flexibility index (Phi) is 3.70. The Hall–Kier alpha value is -0.350. The van der Waals surface area contributed by atoms with E-state index >= 15 is 0 Å². The number of aromatic amines is 1. The van der Waals surface area contributed by atoms with Gasteiger partial charge in [0.05, 0.1) is 10.7 Å². The Morgan fingerprint density at radius 3 is 2.75 bits per heavy atom. The van der Waals surface area contributed by atoms with Crippen molar-refractivity contribution in [1.29, 1.82) is 0 Å². The summed E-state index contributed by atoms with van der Waals surface area (Å²) >= 11 is 18.8. The fourth-order valence-corrected chi connectivity index (χ4v) is 3.21. The number of hydrogen-bond acceptors (Lipinski definition) is 2. The second kappa shape index (κ2) is 4.88. The lowest BCUT2D eigenvalue weighted by atomic mass is 10.1. The van der Waals surface area contributed by atoms with Crippen molar-refractivity contribution in [3.63, 3.8) is 0 Å². The molecule has 0 saturated carbocycles. The number of H-pyrrole nitrogens is 1. The highest BCUT2D eigenvalue weighted by Gasteiger charge is 2.10. The summed E-state index contributed by atoms with van der Waals surface area (Å²) in [5, 5.41) is 1.28. The number of nitrogens with one attached hydrogen (secondary N) is 1. The summed E-state index contributed by atoms with van der Waals surface area (Å²) in [6.07, 6.45) is 0.937. The van der Waals surface area contributed by atoms with Gasteiger partial charge in [-0.05, 0) is 36.8 Å². The summed E-state index contributed by atoms with van der Waals surface area (Å²) in [5.74, 6) is 0. The van der Waals surface area contributed by atoms with Gasteiger partial charge in [-0.2, -0.15) is 0 Å². The van der Waals surface area contributed by atoms with Crippen LogP contribution in [0.5, 0.6) is 0 Å². The van der Waals surface area contributed by atoms with Crippen LogP contribution >= 0.6 is 46.8 Å². The lowest BCUT2D eigenvalue weighted by Crippen LogP contribution is -1.84. The molecule has 0 unspecified atom stereocenters. The van der Waals surface area contributed by atoms with Gasteiger partial charge in [0, 0.05) is 15.5 Å². The van der Waals surface area contributed by atoms with E-state index in [9.17, 15) is 0 Å². The molecule has 0 aliphatic carbocycles. The summed E-state index contributed by atoms with van der Waals surface area (Å²) in [6, 6.07) is 5.49. The van der Waals surface area contributed by atoms with Crippen LogP contribution in [0, 0.1) is 3.95 Å². The van der Waals surface area contributed by atoms with Crippen LogP contribution in [0.3, 0.4) is 0 Å². The van der Waals surface area contributed by atoms with Gasteiger partial charge in [-0.25, -0.2) is 0 Å². The average Bonchev–Trinajstić information content (AvgIpc) is 2.59. The lowest BCUT2D eigenvalue weighted by Gasteiger charge is -2.04. The van der Waals surface area contributed by atoms with Gasteiger partial charge in [0.1, 0.15) is 0 Å². The predicted molar refractivity (Wildman–Crippen MR) is 74.3 cm³/mol. The first-order valence-corrected chi connectivity index (χ1v) is 6.77. The topological polar surface area (TPSA) is 15.8 Å². The van der Waals surface area contributed by atoms with Crippen molar-refractivity contribution in [2.45, 2.75) is 13.3 Å². The minimum Gasteiger partial charge on any atom is -0.337 e. The zero-order valence-corrected chi connectivity index (χ0v) is 11.7. The third-order valence-electron chi connectivity index (χ3n) is 2.24. The Bertz CT molecular complexity index is 572. The number of rotatable bonds is 2. The van der Waals surface area contributed by atoms with Gasteiger partial charge in [0.25, 0.3) is 0 Å². The molecule has 1 aromatic heterocycles. The molecule has 5 heteroatoms. The molecular formula is C11H9Cl2NS2. The normalized spacial score (nSPS) is 10.7. The quantitative estimate of drug-likeness (QED) is 0.738. The van der Waals surface area contributed by atoms with E-state index in [-0.39, 0.29) is 0 Å². The molecule has 0 saturated heterocycles. The van der Waals surface area contributed by atoms with Crippen LogP contribution in [0.2, 0.25) is 10.0 Å². The van der Waals surface area contributed by atoms with Crippen molar-refractivity contribution < 1.29 is 0 Å². The van der Waals surface area contributed by atoms with Gasteiger partial charge in [0.15, 0.2) is 3.95 Å². The molecular weight excluding hydrogens is 281 g/mol. The van der Waals surface area contributed by atoms with E-state index in [0.29, 0.717) is 10.0 Å². The van der Waals surface area contributed by atoms with E-state index < -0.39 is 0 Å². The molecule has 16 heavy (non-hydrogen) atoms. The molecule has 0 fully saturated rings. The zero-order valence-electron chi connectivity index (χ0n) is 8.51. The van der Waals surface area contributed by atoms with E-state index in [0.717, 1.165) is 21.6 Å². The fourth-order valence-electron chi connectivity index (χ4n) is 1.52. The number of aromatic nitrogens is 1.